The molecule has 9 nitrogen and oxygen atoms in total. The number of fused-ring (bicyclic) bond motifs is 2. The third kappa shape index (κ3) is 3.71. The molecule has 3 aromatic heterocycles. The second-order valence-corrected chi connectivity index (χ2v) is 9.56. The molecule has 3 aromatic rings. The largest absolute Gasteiger partial charge is 0.419 e. The molecule has 12 heteroatoms. The van der Waals surface area contributed by atoms with Crippen LogP contribution in [0.5, 0.6) is 0 Å². The van der Waals surface area contributed by atoms with Crippen LogP contribution in [0.3, 0.4) is 0 Å². The van der Waals surface area contributed by atoms with E-state index in [0.29, 0.717) is 25.3 Å². The van der Waals surface area contributed by atoms with Crippen LogP contribution >= 0.6 is 0 Å². The normalized spacial score (nSPS) is 17.4. The third-order valence-corrected chi connectivity index (χ3v) is 7.26. The summed E-state index contributed by atoms with van der Waals surface area (Å²) in [6.07, 6.45) is -2.47. The second kappa shape index (κ2) is 7.72. The molecule has 2 amide bonds. The van der Waals surface area contributed by atoms with Crippen LogP contribution < -0.4 is 11.1 Å². The summed E-state index contributed by atoms with van der Waals surface area (Å²) < 4.78 is 43.4. The van der Waals surface area contributed by atoms with Crippen molar-refractivity contribution < 1.29 is 18.0 Å². The van der Waals surface area contributed by atoms with Gasteiger partial charge in [0.2, 0.25) is 0 Å². The van der Waals surface area contributed by atoms with E-state index in [2.05, 4.69) is 20.5 Å². The molecule has 186 valence electrons. The summed E-state index contributed by atoms with van der Waals surface area (Å²) in [5, 5.41) is 12.0. The van der Waals surface area contributed by atoms with Gasteiger partial charge in [-0.3, -0.25) is 9.36 Å². The number of rotatable bonds is 3. The zero-order valence-electron chi connectivity index (χ0n) is 19.9. The van der Waals surface area contributed by atoms with Gasteiger partial charge in [-0.05, 0) is 39.3 Å². The van der Waals surface area contributed by atoms with E-state index in [9.17, 15) is 18.0 Å². The maximum atomic E-state index is 13.3. The van der Waals surface area contributed by atoms with Crippen molar-refractivity contribution in [2.24, 2.45) is 7.05 Å². The summed E-state index contributed by atoms with van der Waals surface area (Å²) >= 11 is 0. The zero-order valence-corrected chi connectivity index (χ0v) is 19.9. The minimum absolute atomic E-state index is 0.151. The first-order valence-corrected chi connectivity index (χ1v) is 11.4. The van der Waals surface area contributed by atoms with Crippen molar-refractivity contribution in [3.8, 4) is 11.3 Å². The molecule has 0 radical (unpaired) electrons. The molecule has 3 N–H and O–H groups in total. The fourth-order valence-electron chi connectivity index (χ4n) is 5.36. The Hall–Kier alpha value is -3.57. The summed E-state index contributed by atoms with van der Waals surface area (Å²) in [6, 6.07) is 2.45. The van der Waals surface area contributed by atoms with Gasteiger partial charge in [0, 0.05) is 60.8 Å². The van der Waals surface area contributed by atoms with Gasteiger partial charge in [0.25, 0.3) is 0 Å². The molecule has 5 rings (SSSR count). The Bertz CT molecular complexity index is 1320. The Morgan fingerprint density at radius 1 is 1.23 bits per heavy atom. The van der Waals surface area contributed by atoms with E-state index < -0.39 is 17.6 Å². The molecule has 0 bridgehead atoms. The standard InChI is InChI=1S/C23H27F3N8O/c1-12(19-13(2)30-32(4)14(19)3)29-21(35)33-10-22(11-33)5-6-34-18(22)8-17(31-34)15-7-16(23(24,25)26)20(27)28-9-15/h7-9,12H,5-6,10-11H2,1-4H3,(H2,27,28)(H,29,35). The summed E-state index contributed by atoms with van der Waals surface area (Å²) in [5.41, 5.74) is 8.70. The first kappa shape index (κ1) is 23.2. The molecule has 0 saturated carbocycles. The van der Waals surface area contributed by atoms with Gasteiger partial charge in [-0.2, -0.15) is 23.4 Å². The Balaban J connectivity index is 1.31. The molecule has 5 heterocycles. The molecule has 0 aliphatic carbocycles. The monoisotopic (exact) mass is 488 g/mol. The maximum absolute atomic E-state index is 13.3. The number of amides is 2. The highest BCUT2D eigenvalue weighted by Gasteiger charge is 2.51. The molecule has 1 saturated heterocycles. The van der Waals surface area contributed by atoms with Gasteiger partial charge in [0.1, 0.15) is 5.82 Å². The van der Waals surface area contributed by atoms with Crippen molar-refractivity contribution in [1.29, 1.82) is 0 Å². The number of aryl methyl sites for hydroxylation is 3. The van der Waals surface area contributed by atoms with Crippen molar-refractivity contribution >= 4 is 11.8 Å². The van der Waals surface area contributed by atoms with E-state index in [0.717, 1.165) is 35.1 Å². The van der Waals surface area contributed by atoms with E-state index in [1.165, 1.54) is 6.20 Å². The first-order chi connectivity index (χ1) is 16.4. The van der Waals surface area contributed by atoms with E-state index in [4.69, 9.17) is 5.73 Å². The van der Waals surface area contributed by atoms with E-state index in [1.807, 2.05) is 32.5 Å². The molecule has 1 fully saturated rings. The van der Waals surface area contributed by atoms with Gasteiger partial charge >= 0.3 is 12.2 Å². The number of likely N-dealkylation sites (tertiary alicyclic amines) is 1. The highest BCUT2D eigenvalue weighted by Crippen LogP contribution is 2.44. The lowest BCUT2D eigenvalue weighted by atomic mass is 9.76. The average molecular weight is 489 g/mol. The highest BCUT2D eigenvalue weighted by atomic mass is 19.4. The number of nitrogens with one attached hydrogen (secondary N) is 1. The lowest BCUT2D eigenvalue weighted by Crippen LogP contribution is -2.62. The lowest BCUT2D eigenvalue weighted by Gasteiger charge is -2.47. The number of hydrogen-bond acceptors (Lipinski definition) is 5. The third-order valence-electron chi connectivity index (χ3n) is 7.26. The lowest BCUT2D eigenvalue weighted by molar-refractivity contribution is -0.137. The first-order valence-electron chi connectivity index (χ1n) is 11.4. The number of nitrogens with two attached hydrogens (primary N) is 1. The highest BCUT2D eigenvalue weighted by molar-refractivity contribution is 5.76. The van der Waals surface area contributed by atoms with Gasteiger partial charge < -0.3 is 16.0 Å². The number of aromatic nitrogens is 5. The average Bonchev–Trinajstić information content (AvgIpc) is 3.38. The van der Waals surface area contributed by atoms with E-state index in [-0.39, 0.29) is 23.1 Å². The molecule has 1 spiro atoms. The summed E-state index contributed by atoms with van der Waals surface area (Å²) in [6.45, 7) is 7.53. The van der Waals surface area contributed by atoms with Gasteiger partial charge in [0.05, 0.1) is 23.0 Å². The van der Waals surface area contributed by atoms with Crippen LogP contribution in [0.25, 0.3) is 11.3 Å². The van der Waals surface area contributed by atoms with Gasteiger partial charge in [-0.25, -0.2) is 9.78 Å². The number of nitrogens with zero attached hydrogens (tertiary/aromatic N) is 6. The van der Waals surface area contributed by atoms with Crippen LogP contribution in [0.1, 0.15) is 47.6 Å². The fourth-order valence-corrected chi connectivity index (χ4v) is 5.36. The molecule has 0 aromatic carbocycles. The summed E-state index contributed by atoms with van der Waals surface area (Å²) in [5.74, 6) is -0.559. The Morgan fingerprint density at radius 3 is 2.57 bits per heavy atom. The Kier molecular flexibility index (Phi) is 5.11. The molecule has 35 heavy (non-hydrogen) atoms. The Morgan fingerprint density at radius 2 is 1.94 bits per heavy atom. The summed E-state index contributed by atoms with van der Waals surface area (Å²) in [4.78, 5) is 18.4. The number of halogens is 3. The van der Waals surface area contributed by atoms with Crippen LogP contribution in [-0.4, -0.2) is 48.6 Å². The fraction of sp³-hybridized carbons (Fsp3) is 0.478. The number of urea groups is 1. The maximum Gasteiger partial charge on any atom is 0.419 e. The molecule has 2 aliphatic rings. The van der Waals surface area contributed by atoms with Crippen molar-refractivity contribution in [2.45, 2.75) is 51.4 Å². The smallest absolute Gasteiger partial charge is 0.383 e. The van der Waals surface area contributed by atoms with Crippen LogP contribution in [-0.2, 0) is 25.2 Å². The number of pyridine rings is 1. The molecular weight excluding hydrogens is 461 g/mol. The molecular formula is C23H27F3N8O. The minimum Gasteiger partial charge on any atom is -0.383 e. The van der Waals surface area contributed by atoms with Gasteiger partial charge in [-0.15, -0.1) is 0 Å². The number of hydrogen-bond donors (Lipinski definition) is 2. The quantitative estimate of drug-likeness (QED) is 0.588. The number of carbonyl (C=O) groups excluding carboxylic acids is 1. The topological polar surface area (TPSA) is 107 Å². The van der Waals surface area contributed by atoms with Gasteiger partial charge in [0.15, 0.2) is 0 Å². The number of alkyl halides is 3. The van der Waals surface area contributed by atoms with E-state index in [1.54, 1.807) is 15.6 Å². The summed E-state index contributed by atoms with van der Waals surface area (Å²) in [7, 11) is 1.88. The zero-order chi connectivity index (χ0) is 25.3. The number of nitrogen functional groups attached to an aromatic ring is 1. The van der Waals surface area contributed by atoms with Crippen molar-refractivity contribution in [3.05, 3.63) is 46.5 Å². The minimum atomic E-state index is -4.59. The van der Waals surface area contributed by atoms with Crippen LogP contribution in [0.2, 0.25) is 0 Å². The van der Waals surface area contributed by atoms with Crippen molar-refractivity contribution in [1.82, 2.24) is 34.8 Å². The predicted molar refractivity (Wildman–Crippen MR) is 122 cm³/mol. The molecule has 1 atom stereocenters. The van der Waals surface area contributed by atoms with Gasteiger partial charge in [-0.1, -0.05) is 0 Å². The predicted octanol–water partition coefficient (Wildman–Crippen LogP) is 3.32. The number of carbonyl (C=O) groups is 1. The SMILES string of the molecule is Cc1nn(C)c(C)c1C(C)NC(=O)N1CC2(CCn3nc(-c4cnc(N)c(C(F)(F)F)c4)cc32)C1. The van der Waals surface area contributed by atoms with Crippen molar-refractivity contribution in [2.75, 3.05) is 18.8 Å². The number of anilines is 1. The van der Waals surface area contributed by atoms with Crippen LogP contribution in [0.15, 0.2) is 18.3 Å². The molecule has 1 unspecified atom stereocenters. The second-order valence-electron chi connectivity index (χ2n) is 9.56. The Labute approximate surface area is 200 Å². The van der Waals surface area contributed by atoms with Crippen LogP contribution in [0, 0.1) is 13.8 Å². The molecule has 2 aliphatic heterocycles. The van der Waals surface area contributed by atoms with E-state index >= 15 is 0 Å². The van der Waals surface area contributed by atoms with Crippen molar-refractivity contribution in [3.63, 3.8) is 0 Å². The van der Waals surface area contributed by atoms with Crippen LogP contribution in [0.4, 0.5) is 23.8 Å².